The highest BCUT2D eigenvalue weighted by Crippen LogP contribution is 2.29. The zero-order valence-corrected chi connectivity index (χ0v) is 11.3. The number of ether oxygens (including phenoxy) is 2. The molecule has 0 aliphatic rings. The lowest BCUT2D eigenvalue weighted by Gasteiger charge is -2.15. The summed E-state index contributed by atoms with van der Waals surface area (Å²) in [6.07, 6.45) is 4.62. The molecule has 2 heterocycles. The Morgan fingerprint density at radius 3 is 2.68 bits per heavy atom. The van der Waals surface area contributed by atoms with Gasteiger partial charge in [0.15, 0.2) is 0 Å². The van der Waals surface area contributed by atoms with E-state index in [1.54, 1.807) is 12.3 Å². The second-order valence-electron chi connectivity index (χ2n) is 3.68. The van der Waals surface area contributed by atoms with Crippen LogP contribution in [0, 0.1) is 0 Å². The Morgan fingerprint density at radius 2 is 2.05 bits per heavy atom. The van der Waals surface area contributed by atoms with Gasteiger partial charge in [0, 0.05) is 12.4 Å². The summed E-state index contributed by atoms with van der Waals surface area (Å²) in [4.78, 5) is 12.3. The van der Waals surface area contributed by atoms with E-state index in [0.29, 0.717) is 28.0 Å². The summed E-state index contributed by atoms with van der Waals surface area (Å²) in [7, 11) is 3.00. The van der Waals surface area contributed by atoms with Crippen LogP contribution in [0.15, 0.2) is 24.7 Å². The summed E-state index contributed by atoms with van der Waals surface area (Å²) < 4.78 is 10.2. The molecule has 2 aromatic rings. The highest BCUT2D eigenvalue weighted by atomic mass is 35.5. The Bertz CT molecular complexity index is 579. The maximum Gasteiger partial charge on any atom is 0.240 e. The summed E-state index contributed by atoms with van der Waals surface area (Å²) in [5.41, 5.74) is 7.34. The Labute approximate surface area is 115 Å². The van der Waals surface area contributed by atoms with E-state index in [9.17, 15) is 0 Å². The first-order chi connectivity index (χ1) is 9.17. The number of rotatable bonds is 4. The van der Waals surface area contributed by atoms with E-state index in [-0.39, 0.29) is 0 Å². The second-order valence-corrected chi connectivity index (χ2v) is 4.09. The van der Waals surface area contributed by atoms with E-state index in [1.807, 2.05) is 0 Å². The standard InChI is InChI=1S/C12H13ClN4O2/c1-18-9-6-16-11(12(17-9)19-2)10(14)7-3-4-15-5-8(7)13/h3-6,10H,14H2,1-2H3. The summed E-state index contributed by atoms with van der Waals surface area (Å²) in [6.45, 7) is 0. The lowest BCUT2D eigenvalue weighted by molar-refractivity contribution is 0.355. The Kier molecular flexibility index (Phi) is 4.13. The van der Waals surface area contributed by atoms with E-state index < -0.39 is 6.04 Å². The number of methoxy groups -OCH3 is 2. The molecule has 2 N–H and O–H groups in total. The number of hydrogen-bond donors (Lipinski definition) is 1. The first-order valence-electron chi connectivity index (χ1n) is 5.47. The van der Waals surface area contributed by atoms with Gasteiger partial charge >= 0.3 is 0 Å². The maximum absolute atomic E-state index is 6.15. The SMILES string of the molecule is COc1cnc(C(N)c2ccncc2Cl)c(OC)n1. The fraction of sp³-hybridized carbons (Fsp3) is 0.250. The molecule has 0 radical (unpaired) electrons. The molecule has 0 aliphatic heterocycles. The molecule has 0 saturated carbocycles. The van der Waals surface area contributed by atoms with Crippen molar-refractivity contribution < 1.29 is 9.47 Å². The number of halogens is 1. The van der Waals surface area contributed by atoms with Crippen LogP contribution in [0.1, 0.15) is 17.3 Å². The number of pyridine rings is 1. The monoisotopic (exact) mass is 280 g/mol. The van der Waals surface area contributed by atoms with Crippen LogP contribution in [-0.2, 0) is 0 Å². The predicted octanol–water partition coefficient (Wildman–Crippen LogP) is 1.59. The minimum absolute atomic E-state index is 0.305. The van der Waals surface area contributed by atoms with Gasteiger partial charge in [0.2, 0.25) is 11.8 Å². The van der Waals surface area contributed by atoms with Crippen LogP contribution in [0.2, 0.25) is 5.02 Å². The van der Waals surface area contributed by atoms with Gasteiger partial charge in [-0.15, -0.1) is 0 Å². The lowest BCUT2D eigenvalue weighted by atomic mass is 10.1. The molecule has 1 unspecified atom stereocenters. The van der Waals surface area contributed by atoms with Gasteiger partial charge in [-0.3, -0.25) is 4.98 Å². The lowest BCUT2D eigenvalue weighted by Crippen LogP contribution is -2.16. The van der Waals surface area contributed by atoms with E-state index in [1.165, 1.54) is 26.6 Å². The summed E-state index contributed by atoms with van der Waals surface area (Å²) in [6, 6.07) is 1.18. The van der Waals surface area contributed by atoms with E-state index in [0.717, 1.165) is 0 Å². The van der Waals surface area contributed by atoms with Crippen molar-refractivity contribution >= 4 is 11.6 Å². The van der Waals surface area contributed by atoms with Crippen molar-refractivity contribution in [3.8, 4) is 11.8 Å². The van der Waals surface area contributed by atoms with Crippen LogP contribution in [0.25, 0.3) is 0 Å². The van der Waals surface area contributed by atoms with Crippen molar-refractivity contribution in [1.29, 1.82) is 0 Å². The minimum atomic E-state index is -0.552. The van der Waals surface area contributed by atoms with Gasteiger partial charge in [-0.05, 0) is 11.6 Å². The van der Waals surface area contributed by atoms with E-state index in [2.05, 4.69) is 15.0 Å². The summed E-state index contributed by atoms with van der Waals surface area (Å²) >= 11 is 6.07. The van der Waals surface area contributed by atoms with Crippen LogP contribution in [0.3, 0.4) is 0 Å². The topological polar surface area (TPSA) is 83.2 Å². The molecule has 0 fully saturated rings. The van der Waals surface area contributed by atoms with Gasteiger partial charge in [-0.1, -0.05) is 11.6 Å². The highest BCUT2D eigenvalue weighted by Gasteiger charge is 2.20. The number of aromatic nitrogens is 3. The van der Waals surface area contributed by atoms with E-state index >= 15 is 0 Å². The van der Waals surface area contributed by atoms with Gasteiger partial charge in [0.05, 0.1) is 31.5 Å². The summed E-state index contributed by atoms with van der Waals surface area (Å²) in [5, 5.41) is 0.467. The normalized spacial score (nSPS) is 12.0. The molecular weight excluding hydrogens is 268 g/mol. The average Bonchev–Trinajstić information content (AvgIpc) is 2.46. The molecule has 19 heavy (non-hydrogen) atoms. The van der Waals surface area contributed by atoms with Crippen molar-refractivity contribution in [2.24, 2.45) is 5.73 Å². The fourth-order valence-electron chi connectivity index (χ4n) is 1.61. The van der Waals surface area contributed by atoms with Crippen LogP contribution in [-0.4, -0.2) is 29.2 Å². The molecule has 100 valence electrons. The number of nitrogens with two attached hydrogens (primary N) is 1. The quantitative estimate of drug-likeness (QED) is 0.916. The minimum Gasteiger partial charge on any atom is -0.480 e. The van der Waals surface area contributed by atoms with E-state index in [4.69, 9.17) is 26.8 Å². The first-order valence-corrected chi connectivity index (χ1v) is 5.85. The average molecular weight is 281 g/mol. The molecule has 6 nitrogen and oxygen atoms in total. The third-order valence-electron chi connectivity index (χ3n) is 2.58. The molecule has 0 amide bonds. The molecule has 0 bridgehead atoms. The maximum atomic E-state index is 6.15. The second kappa shape index (κ2) is 5.81. The van der Waals surface area contributed by atoms with Crippen molar-refractivity contribution in [3.63, 3.8) is 0 Å². The van der Waals surface area contributed by atoms with Crippen molar-refractivity contribution in [2.75, 3.05) is 14.2 Å². The molecule has 0 aliphatic carbocycles. The van der Waals surface area contributed by atoms with Crippen LogP contribution in [0.4, 0.5) is 0 Å². The van der Waals surface area contributed by atoms with Crippen LogP contribution >= 0.6 is 11.6 Å². The number of nitrogens with zero attached hydrogens (tertiary/aromatic N) is 3. The molecule has 0 spiro atoms. The van der Waals surface area contributed by atoms with Crippen molar-refractivity contribution in [3.05, 3.63) is 40.9 Å². The smallest absolute Gasteiger partial charge is 0.240 e. The van der Waals surface area contributed by atoms with Crippen LogP contribution < -0.4 is 15.2 Å². The molecule has 7 heteroatoms. The Balaban J connectivity index is 2.44. The fourth-order valence-corrected chi connectivity index (χ4v) is 1.85. The molecule has 0 aromatic carbocycles. The third-order valence-corrected chi connectivity index (χ3v) is 2.90. The molecule has 2 aromatic heterocycles. The van der Waals surface area contributed by atoms with Gasteiger partial charge in [0.1, 0.15) is 5.69 Å². The summed E-state index contributed by atoms with van der Waals surface area (Å²) in [5.74, 6) is 0.661. The van der Waals surface area contributed by atoms with Crippen LogP contribution in [0.5, 0.6) is 11.8 Å². The Morgan fingerprint density at radius 1 is 1.26 bits per heavy atom. The van der Waals surface area contributed by atoms with Gasteiger partial charge in [-0.2, -0.15) is 4.98 Å². The highest BCUT2D eigenvalue weighted by molar-refractivity contribution is 6.31. The zero-order valence-electron chi connectivity index (χ0n) is 10.5. The molecule has 2 rings (SSSR count). The van der Waals surface area contributed by atoms with Gasteiger partial charge in [0.25, 0.3) is 0 Å². The molecule has 0 saturated heterocycles. The first kappa shape index (κ1) is 13.5. The largest absolute Gasteiger partial charge is 0.480 e. The van der Waals surface area contributed by atoms with Gasteiger partial charge in [-0.25, -0.2) is 4.98 Å². The Hall–Kier alpha value is -1.92. The third kappa shape index (κ3) is 2.74. The zero-order chi connectivity index (χ0) is 13.8. The molecular formula is C12H13ClN4O2. The predicted molar refractivity (Wildman–Crippen MR) is 70.4 cm³/mol. The van der Waals surface area contributed by atoms with Crippen molar-refractivity contribution in [1.82, 2.24) is 15.0 Å². The van der Waals surface area contributed by atoms with Crippen molar-refractivity contribution in [2.45, 2.75) is 6.04 Å². The van der Waals surface area contributed by atoms with Gasteiger partial charge < -0.3 is 15.2 Å². The molecule has 1 atom stereocenters. The number of hydrogen-bond acceptors (Lipinski definition) is 6.